The number of carbonyl (C=O) groups is 4. The number of amides is 2. The molecule has 2 amide bonds. The Morgan fingerprint density at radius 2 is 1.68 bits per heavy atom. The highest BCUT2D eigenvalue weighted by Crippen LogP contribution is 2.38. The van der Waals surface area contributed by atoms with Crippen LogP contribution in [0.2, 0.25) is 0 Å². The first-order valence-corrected chi connectivity index (χ1v) is 13.0. The van der Waals surface area contributed by atoms with E-state index in [9.17, 15) is 29.3 Å². The molecule has 0 bridgehead atoms. The zero-order chi connectivity index (χ0) is 28.8. The number of fused-ring (bicyclic) bond motifs is 1. The number of thiophene rings is 1. The fourth-order valence-corrected chi connectivity index (χ4v) is 5.39. The van der Waals surface area contributed by atoms with Crippen LogP contribution in [0.4, 0.5) is 10.7 Å². The van der Waals surface area contributed by atoms with E-state index in [1.54, 1.807) is 19.1 Å². The zero-order valence-corrected chi connectivity index (χ0v) is 22.3. The number of benzene rings is 2. The van der Waals surface area contributed by atoms with Crippen LogP contribution in [0.15, 0.2) is 53.6 Å². The van der Waals surface area contributed by atoms with Crippen molar-refractivity contribution in [2.45, 2.75) is 32.6 Å². The molecule has 0 unspecified atom stereocenters. The number of rotatable bonds is 7. The number of nitrogens with one attached hydrogen (secondary N) is 2. The summed E-state index contributed by atoms with van der Waals surface area (Å²) >= 11 is 1.26. The molecule has 0 saturated heterocycles. The van der Waals surface area contributed by atoms with Crippen LogP contribution in [-0.2, 0) is 27.2 Å². The molecular formula is C27H24N4O8S. The SMILES string of the molecule is COC(=O)c1c(NC(=O)C(=O)N/N=C(\C)c2ccc(OC(=O)c3ccccc3[N+](=O)[O-])cc2)sc2c1CCCC2. The lowest BCUT2D eigenvalue weighted by molar-refractivity contribution is -0.385. The van der Waals surface area contributed by atoms with Crippen molar-refractivity contribution in [3.8, 4) is 5.75 Å². The molecule has 1 heterocycles. The molecule has 2 N–H and O–H groups in total. The van der Waals surface area contributed by atoms with Crippen molar-refractivity contribution in [3.05, 3.63) is 85.8 Å². The fraction of sp³-hybridized carbons (Fsp3) is 0.222. The summed E-state index contributed by atoms with van der Waals surface area (Å²) in [6, 6.07) is 11.5. The van der Waals surface area contributed by atoms with Gasteiger partial charge in [0.1, 0.15) is 16.3 Å². The minimum Gasteiger partial charge on any atom is -0.465 e. The van der Waals surface area contributed by atoms with Gasteiger partial charge in [-0.2, -0.15) is 5.10 Å². The van der Waals surface area contributed by atoms with Gasteiger partial charge in [-0.15, -0.1) is 11.3 Å². The topological polar surface area (TPSA) is 166 Å². The smallest absolute Gasteiger partial charge is 0.350 e. The maximum absolute atomic E-state index is 12.5. The molecule has 40 heavy (non-hydrogen) atoms. The largest absolute Gasteiger partial charge is 0.465 e. The van der Waals surface area contributed by atoms with E-state index in [-0.39, 0.29) is 27.6 Å². The minimum absolute atomic E-state index is 0.142. The lowest BCUT2D eigenvalue weighted by Gasteiger charge is -2.11. The van der Waals surface area contributed by atoms with Crippen LogP contribution in [-0.4, -0.2) is 41.5 Å². The van der Waals surface area contributed by atoms with Crippen LogP contribution in [0.5, 0.6) is 5.75 Å². The Morgan fingerprint density at radius 3 is 2.38 bits per heavy atom. The Hall–Kier alpha value is -4.91. The van der Waals surface area contributed by atoms with E-state index < -0.39 is 28.7 Å². The highest BCUT2D eigenvalue weighted by molar-refractivity contribution is 7.17. The molecule has 12 nitrogen and oxygen atoms in total. The minimum atomic E-state index is -1.03. The zero-order valence-electron chi connectivity index (χ0n) is 21.5. The van der Waals surface area contributed by atoms with Gasteiger partial charge in [0.05, 0.1) is 23.3 Å². The lowest BCUT2D eigenvalue weighted by Crippen LogP contribution is -2.33. The van der Waals surface area contributed by atoms with Gasteiger partial charge in [0.15, 0.2) is 0 Å². The average Bonchev–Trinajstić information content (AvgIpc) is 3.33. The molecular weight excluding hydrogens is 540 g/mol. The first-order chi connectivity index (χ1) is 19.2. The third kappa shape index (κ3) is 6.21. The standard InChI is InChI=1S/C27H24N4O8S/c1-15(16-11-13-17(14-12-16)39-26(34)18-7-3-5-9-20(18)31(36)37)29-30-24(33)23(32)28-25-22(27(35)38-2)19-8-4-6-10-21(19)40-25/h3,5,7,9,11-14H,4,6,8,10H2,1-2H3,(H,28,32)(H,30,33)/b29-15+. The Kier molecular flexibility index (Phi) is 8.64. The number of methoxy groups -OCH3 is 1. The van der Waals surface area contributed by atoms with Crippen LogP contribution in [0.1, 0.15) is 56.5 Å². The Labute approximate surface area is 232 Å². The third-order valence-electron chi connectivity index (χ3n) is 6.12. The molecule has 1 aromatic heterocycles. The number of nitrogens with zero attached hydrogens (tertiary/aromatic N) is 2. The molecule has 3 aromatic rings. The van der Waals surface area contributed by atoms with Gasteiger partial charge in [0.2, 0.25) is 0 Å². The first-order valence-electron chi connectivity index (χ1n) is 12.1. The lowest BCUT2D eigenvalue weighted by atomic mass is 9.95. The predicted octanol–water partition coefficient (Wildman–Crippen LogP) is 4.02. The van der Waals surface area contributed by atoms with Crippen molar-refractivity contribution >= 4 is 51.5 Å². The summed E-state index contributed by atoms with van der Waals surface area (Å²) < 4.78 is 10.1. The molecule has 1 aliphatic rings. The van der Waals surface area contributed by atoms with E-state index in [4.69, 9.17) is 9.47 Å². The number of aryl methyl sites for hydroxylation is 1. The summed E-state index contributed by atoms with van der Waals surface area (Å²) in [5.41, 5.74) is 3.66. The summed E-state index contributed by atoms with van der Waals surface area (Å²) in [6.45, 7) is 1.59. The number of hydrogen-bond acceptors (Lipinski definition) is 10. The van der Waals surface area contributed by atoms with E-state index >= 15 is 0 Å². The quantitative estimate of drug-likeness (QED) is 0.108. The first kappa shape index (κ1) is 28.1. The number of hydrogen-bond donors (Lipinski definition) is 2. The van der Waals surface area contributed by atoms with Gasteiger partial charge in [-0.3, -0.25) is 19.7 Å². The summed E-state index contributed by atoms with van der Waals surface area (Å²) in [6.07, 6.45) is 3.40. The van der Waals surface area contributed by atoms with Crippen molar-refractivity contribution < 1.29 is 33.6 Å². The Morgan fingerprint density at radius 1 is 0.975 bits per heavy atom. The molecule has 206 valence electrons. The molecule has 2 aromatic carbocycles. The summed E-state index contributed by atoms with van der Waals surface area (Å²) in [7, 11) is 1.26. The van der Waals surface area contributed by atoms with Gasteiger partial charge in [-0.1, -0.05) is 12.1 Å². The molecule has 0 spiro atoms. The van der Waals surface area contributed by atoms with Crippen LogP contribution in [0.25, 0.3) is 0 Å². The van der Waals surface area contributed by atoms with Crippen LogP contribution in [0, 0.1) is 10.1 Å². The number of esters is 2. The number of nitro groups is 1. The number of para-hydroxylation sites is 1. The number of carbonyl (C=O) groups excluding carboxylic acids is 4. The second kappa shape index (κ2) is 12.3. The summed E-state index contributed by atoms with van der Waals surface area (Å²) in [5.74, 6) is -3.33. The van der Waals surface area contributed by atoms with Gasteiger partial charge < -0.3 is 14.8 Å². The van der Waals surface area contributed by atoms with Gasteiger partial charge in [0, 0.05) is 10.9 Å². The van der Waals surface area contributed by atoms with Gasteiger partial charge >= 0.3 is 23.8 Å². The van der Waals surface area contributed by atoms with E-state index in [0.717, 1.165) is 29.7 Å². The maximum atomic E-state index is 12.5. The number of nitro benzene ring substituents is 1. The van der Waals surface area contributed by atoms with Crippen LogP contribution >= 0.6 is 11.3 Å². The van der Waals surface area contributed by atoms with Gasteiger partial charge in [-0.25, -0.2) is 15.0 Å². The van der Waals surface area contributed by atoms with Crippen molar-refractivity contribution in [1.82, 2.24) is 5.43 Å². The second-order valence-corrected chi connectivity index (χ2v) is 9.79. The highest BCUT2D eigenvalue weighted by atomic mass is 32.1. The molecule has 0 atom stereocenters. The second-order valence-electron chi connectivity index (χ2n) is 8.69. The number of ether oxygens (including phenoxy) is 2. The maximum Gasteiger partial charge on any atom is 0.350 e. The molecule has 0 aliphatic heterocycles. The van der Waals surface area contributed by atoms with Crippen LogP contribution < -0.4 is 15.5 Å². The molecule has 13 heteroatoms. The highest BCUT2D eigenvalue weighted by Gasteiger charge is 2.28. The van der Waals surface area contributed by atoms with Crippen molar-refractivity contribution in [2.24, 2.45) is 5.10 Å². The van der Waals surface area contributed by atoms with Crippen molar-refractivity contribution in [3.63, 3.8) is 0 Å². The van der Waals surface area contributed by atoms with E-state index in [1.807, 2.05) is 0 Å². The van der Waals surface area contributed by atoms with Crippen LogP contribution in [0.3, 0.4) is 0 Å². The molecule has 0 saturated carbocycles. The molecule has 0 fully saturated rings. The number of anilines is 1. The predicted molar refractivity (Wildman–Crippen MR) is 146 cm³/mol. The number of hydrazone groups is 1. The molecule has 0 radical (unpaired) electrons. The van der Waals surface area contributed by atoms with Gasteiger partial charge in [-0.05, 0) is 74.1 Å². The molecule has 4 rings (SSSR count). The van der Waals surface area contributed by atoms with Crippen molar-refractivity contribution in [1.29, 1.82) is 0 Å². The average molecular weight is 565 g/mol. The Balaban J connectivity index is 1.38. The third-order valence-corrected chi connectivity index (χ3v) is 7.33. The van der Waals surface area contributed by atoms with Gasteiger partial charge in [0.25, 0.3) is 5.69 Å². The normalized spacial score (nSPS) is 12.6. The van der Waals surface area contributed by atoms with E-state index in [2.05, 4.69) is 15.8 Å². The van der Waals surface area contributed by atoms with E-state index in [0.29, 0.717) is 17.7 Å². The van der Waals surface area contributed by atoms with Crippen molar-refractivity contribution in [2.75, 3.05) is 12.4 Å². The summed E-state index contributed by atoms with van der Waals surface area (Å²) in [4.78, 5) is 61.2. The fourth-order valence-electron chi connectivity index (χ4n) is 4.11. The van der Waals surface area contributed by atoms with E-state index in [1.165, 1.54) is 54.8 Å². The Bertz CT molecular complexity index is 1530. The molecule has 1 aliphatic carbocycles. The summed E-state index contributed by atoms with van der Waals surface area (Å²) in [5, 5.41) is 17.9. The monoisotopic (exact) mass is 564 g/mol.